The smallest absolute Gasteiger partial charge is 0.115 e. The highest BCUT2D eigenvalue weighted by molar-refractivity contribution is 5.08. The van der Waals surface area contributed by atoms with Gasteiger partial charge < -0.3 is 10.8 Å². The fraction of sp³-hybridized carbons (Fsp3) is 0.500. The topological polar surface area (TPSA) is 74.9 Å². The van der Waals surface area contributed by atoms with Crippen LogP contribution in [0.2, 0.25) is 0 Å². The first kappa shape index (κ1) is 7.24. The third-order valence-electron chi connectivity index (χ3n) is 1.48. The summed E-state index contributed by atoms with van der Waals surface area (Å²) < 4.78 is 0. The maximum atomic E-state index is 9.49. The number of nitrogens with one attached hydrogen (secondary N) is 1. The van der Waals surface area contributed by atoms with Crippen molar-refractivity contribution in [3.05, 3.63) is 18.0 Å². The standard InChI is InChI=1S/C6H11N3O/c1-6(10,4-7)5-2-3-8-9-5/h2-3,10H,4,7H2,1H3,(H,8,9). The normalized spacial score (nSPS) is 16.7. The average Bonchev–Trinajstić information content (AvgIpc) is 2.38. The molecule has 4 heteroatoms. The van der Waals surface area contributed by atoms with Crippen LogP contribution in [0.15, 0.2) is 12.3 Å². The van der Waals surface area contributed by atoms with Gasteiger partial charge in [0.15, 0.2) is 0 Å². The number of H-pyrrole nitrogens is 1. The largest absolute Gasteiger partial charge is 0.383 e. The molecule has 0 saturated heterocycles. The predicted octanol–water partition coefficient (Wildman–Crippen LogP) is -0.424. The van der Waals surface area contributed by atoms with Gasteiger partial charge in [0.2, 0.25) is 0 Å². The lowest BCUT2D eigenvalue weighted by Gasteiger charge is -2.18. The van der Waals surface area contributed by atoms with Crippen molar-refractivity contribution < 1.29 is 5.11 Å². The number of nitrogens with two attached hydrogens (primary N) is 1. The molecule has 0 radical (unpaired) electrons. The van der Waals surface area contributed by atoms with Crippen LogP contribution in [0, 0.1) is 0 Å². The minimum Gasteiger partial charge on any atom is -0.383 e. The maximum absolute atomic E-state index is 9.49. The van der Waals surface area contributed by atoms with E-state index in [2.05, 4.69) is 10.2 Å². The average molecular weight is 141 g/mol. The van der Waals surface area contributed by atoms with Crippen LogP contribution in [-0.4, -0.2) is 21.8 Å². The Hall–Kier alpha value is -0.870. The summed E-state index contributed by atoms with van der Waals surface area (Å²) in [5.74, 6) is 0. The summed E-state index contributed by atoms with van der Waals surface area (Å²) in [5.41, 5.74) is 4.97. The first-order chi connectivity index (χ1) is 4.67. The second-order valence-electron chi connectivity index (χ2n) is 2.45. The highest BCUT2D eigenvalue weighted by atomic mass is 16.3. The van der Waals surface area contributed by atoms with Gasteiger partial charge in [-0.1, -0.05) is 0 Å². The zero-order valence-corrected chi connectivity index (χ0v) is 5.83. The van der Waals surface area contributed by atoms with Crippen LogP contribution < -0.4 is 5.73 Å². The number of rotatable bonds is 2. The second-order valence-corrected chi connectivity index (χ2v) is 2.45. The number of aromatic nitrogens is 2. The van der Waals surface area contributed by atoms with Crippen LogP contribution in [0.25, 0.3) is 0 Å². The van der Waals surface area contributed by atoms with Gasteiger partial charge >= 0.3 is 0 Å². The molecule has 1 atom stereocenters. The predicted molar refractivity (Wildman–Crippen MR) is 37.2 cm³/mol. The zero-order valence-electron chi connectivity index (χ0n) is 5.83. The van der Waals surface area contributed by atoms with Crippen molar-refractivity contribution in [3.63, 3.8) is 0 Å². The summed E-state index contributed by atoms with van der Waals surface area (Å²) in [6, 6.07) is 1.70. The lowest BCUT2D eigenvalue weighted by atomic mass is 10.0. The summed E-state index contributed by atoms with van der Waals surface area (Å²) in [5, 5.41) is 15.8. The Morgan fingerprint density at radius 2 is 2.60 bits per heavy atom. The van der Waals surface area contributed by atoms with Gasteiger partial charge in [0, 0.05) is 12.7 Å². The van der Waals surface area contributed by atoms with E-state index in [-0.39, 0.29) is 6.54 Å². The first-order valence-electron chi connectivity index (χ1n) is 3.09. The highest BCUT2D eigenvalue weighted by Gasteiger charge is 2.21. The number of hydrogen-bond acceptors (Lipinski definition) is 3. The lowest BCUT2D eigenvalue weighted by Crippen LogP contribution is -2.31. The number of aliphatic hydroxyl groups is 1. The second kappa shape index (κ2) is 2.40. The van der Waals surface area contributed by atoms with Crippen molar-refractivity contribution in [3.8, 4) is 0 Å². The number of aromatic amines is 1. The SMILES string of the molecule is CC(O)(CN)c1ccn[nH]1. The third kappa shape index (κ3) is 1.17. The summed E-state index contributed by atoms with van der Waals surface area (Å²) in [6.45, 7) is 1.83. The van der Waals surface area contributed by atoms with Crippen molar-refractivity contribution in [2.45, 2.75) is 12.5 Å². The summed E-state index contributed by atoms with van der Waals surface area (Å²) in [7, 11) is 0. The van der Waals surface area contributed by atoms with E-state index in [0.29, 0.717) is 5.69 Å². The number of nitrogens with zero attached hydrogens (tertiary/aromatic N) is 1. The van der Waals surface area contributed by atoms with Gasteiger partial charge in [0.1, 0.15) is 5.60 Å². The van der Waals surface area contributed by atoms with Crippen molar-refractivity contribution >= 4 is 0 Å². The molecule has 0 aliphatic carbocycles. The zero-order chi connectivity index (χ0) is 7.61. The molecule has 4 nitrogen and oxygen atoms in total. The molecule has 0 amide bonds. The molecular formula is C6H11N3O. The summed E-state index contributed by atoms with van der Waals surface area (Å²) >= 11 is 0. The van der Waals surface area contributed by atoms with Gasteiger partial charge in [0.05, 0.1) is 5.69 Å². The van der Waals surface area contributed by atoms with E-state index in [4.69, 9.17) is 5.73 Å². The van der Waals surface area contributed by atoms with E-state index < -0.39 is 5.60 Å². The Bertz CT molecular complexity index is 193. The molecular weight excluding hydrogens is 130 g/mol. The van der Waals surface area contributed by atoms with Gasteiger partial charge in [-0.15, -0.1) is 0 Å². The fourth-order valence-corrected chi connectivity index (χ4v) is 0.666. The molecule has 1 rings (SSSR count). The molecule has 1 aromatic heterocycles. The molecule has 0 saturated carbocycles. The van der Waals surface area contributed by atoms with E-state index in [1.807, 2.05) is 0 Å². The Balaban J connectivity index is 2.85. The van der Waals surface area contributed by atoms with Gasteiger partial charge in [0.25, 0.3) is 0 Å². The minimum absolute atomic E-state index is 0.190. The van der Waals surface area contributed by atoms with Crippen molar-refractivity contribution in [2.24, 2.45) is 5.73 Å². The third-order valence-corrected chi connectivity index (χ3v) is 1.48. The van der Waals surface area contributed by atoms with Gasteiger partial charge in [-0.25, -0.2) is 0 Å². The van der Waals surface area contributed by atoms with Crippen LogP contribution in [0.5, 0.6) is 0 Å². The quantitative estimate of drug-likeness (QED) is 0.523. The lowest BCUT2D eigenvalue weighted by molar-refractivity contribution is 0.0621. The van der Waals surface area contributed by atoms with Crippen LogP contribution >= 0.6 is 0 Å². The maximum Gasteiger partial charge on any atom is 0.115 e. The molecule has 0 aromatic carbocycles. The van der Waals surface area contributed by atoms with Crippen molar-refractivity contribution in [1.29, 1.82) is 0 Å². The minimum atomic E-state index is -0.976. The monoisotopic (exact) mass is 141 g/mol. The Kier molecular flexibility index (Phi) is 1.74. The highest BCUT2D eigenvalue weighted by Crippen LogP contribution is 2.14. The molecule has 0 aliphatic rings. The van der Waals surface area contributed by atoms with E-state index in [1.54, 1.807) is 19.2 Å². The van der Waals surface area contributed by atoms with E-state index >= 15 is 0 Å². The van der Waals surface area contributed by atoms with Crippen LogP contribution in [-0.2, 0) is 5.60 Å². The van der Waals surface area contributed by atoms with Crippen LogP contribution in [0.3, 0.4) is 0 Å². The fourth-order valence-electron chi connectivity index (χ4n) is 0.666. The van der Waals surface area contributed by atoms with Crippen molar-refractivity contribution in [2.75, 3.05) is 6.54 Å². The van der Waals surface area contributed by atoms with E-state index in [9.17, 15) is 5.11 Å². The summed E-state index contributed by atoms with van der Waals surface area (Å²) in [4.78, 5) is 0. The molecule has 0 spiro atoms. The van der Waals surface area contributed by atoms with Gasteiger partial charge in [-0.3, -0.25) is 5.10 Å². The molecule has 1 aromatic rings. The van der Waals surface area contributed by atoms with Gasteiger partial charge in [-0.05, 0) is 13.0 Å². The molecule has 0 fully saturated rings. The van der Waals surface area contributed by atoms with Crippen molar-refractivity contribution in [1.82, 2.24) is 10.2 Å². The van der Waals surface area contributed by atoms with Gasteiger partial charge in [-0.2, -0.15) is 5.10 Å². The molecule has 1 heterocycles. The molecule has 10 heavy (non-hydrogen) atoms. The Morgan fingerprint density at radius 3 is 3.00 bits per heavy atom. The molecule has 0 aliphatic heterocycles. The van der Waals surface area contributed by atoms with E-state index in [1.165, 1.54) is 0 Å². The molecule has 1 unspecified atom stereocenters. The molecule has 4 N–H and O–H groups in total. The van der Waals surface area contributed by atoms with E-state index in [0.717, 1.165) is 0 Å². The first-order valence-corrected chi connectivity index (χ1v) is 3.09. The van der Waals surface area contributed by atoms with Crippen LogP contribution in [0.1, 0.15) is 12.6 Å². The summed E-state index contributed by atoms with van der Waals surface area (Å²) in [6.07, 6.45) is 1.58. The Labute approximate surface area is 59.1 Å². The molecule has 0 bridgehead atoms. The van der Waals surface area contributed by atoms with Crippen LogP contribution in [0.4, 0.5) is 0 Å². The Morgan fingerprint density at radius 1 is 1.90 bits per heavy atom. The molecule has 56 valence electrons. The number of hydrogen-bond donors (Lipinski definition) is 3.